The fourth-order valence-electron chi connectivity index (χ4n) is 1.67. The lowest BCUT2D eigenvalue weighted by atomic mass is 10.1. The zero-order valence-electron chi connectivity index (χ0n) is 10.1. The largest absolute Gasteiger partial charge is 0.457 e. The Labute approximate surface area is 110 Å². The number of rotatable bonds is 4. The highest BCUT2D eigenvalue weighted by molar-refractivity contribution is 5.36. The lowest BCUT2D eigenvalue weighted by Crippen LogP contribution is -1.90. The molecule has 3 nitrogen and oxygen atoms in total. The maximum absolute atomic E-state index is 13.3. The van der Waals surface area contributed by atoms with Crippen LogP contribution in [0.25, 0.3) is 0 Å². The Kier molecular flexibility index (Phi) is 4.11. The summed E-state index contributed by atoms with van der Waals surface area (Å²) in [5.41, 5.74) is 1.35. The van der Waals surface area contributed by atoms with Crippen molar-refractivity contribution >= 4 is 0 Å². The lowest BCUT2D eigenvalue weighted by Gasteiger charge is -2.07. The predicted octanol–water partition coefficient (Wildman–Crippen LogP) is 3.18. The van der Waals surface area contributed by atoms with E-state index in [0.717, 1.165) is 5.56 Å². The van der Waals surface area contributed by atoms with E-state index in [1.165, 1.54) is 12.1 Å². The van der Waals surface area contributed by atoms with Crippen LogP contribution >= 0.6 is 0 Å². The van der Waals surface area contributed by atoms with Crippen molar-refractivity contribution in [2.75, 3.05) is 0 Å². The topological polar surface area (TPSA) is 53.2 Å². The lowest BCUT2D eigenvalue weighted by molar-refractivity contribution is 0.280. The fraction of sp³-hybridized carbons (Fsp3) is 0.133. The van der Waals surface area contributed by atoms with E-state index in [0.29, 0.717) is 23.5 Å². The molecule has 0 unspecified atom stereocenters. The number of benzene rings is 2. The van der Waals surface area contributed by atoms with E-state index >= 15 is 0 Å². The molecular formula is C15H12FNO2. The molecule has 0 bridgehead atoms. The van der Waals surface area contributed by atoms with Gasteiger partial charge in [-0.25, -0.2) is 4.39 Å². The first-order valence-corrected chi connectivity index (χ1v) is 5.75. The van der Waals surface area contributed by atoms with Crippen LogP contribution < -0.4 is 4.74 Å². The smallest absolute Gasteiger partial charge is 0.130 e. The molecule has 0 fully saturated rings. The number of aliphatic hydroxyl groups excluding tert-OH is 1. The molecule has 0 atom stereocenters. The standard InChI is InChI=1S/C15H12FNO2/c16-13-7-12(10-18)8-15(9-13)19-14-3-1-11(2-4-14)5-6-17/h1-4,7-9,18H,5,10H2. The third kappa shape index (κ3) is 3.54. The number of nitriles is 1. The van der Waals surface area contributed by atoms with Crippen LogP contribution in [-0.2, 0) is 13.0 Å². The highest BCUT2D eigenvalue weighted by Crippen LogP contribution is 2.24. The Bertz CT molecular complexity index is 603. The Morgan fingerprint density at radius 2 is 1.79 bits per heavy atom. The van der Waals surface area contributed by atoms with E-state index in [2.05, 4.69) is 6.07 Å². The van der Waals surface area contributed by atoms with Crippen LogP contribution in [0, 0.1) is 17.1 Å². The molecule has 0 aliphatic heterocycles. The van der Waals surface area contributed by atoms with Gasteiger partial charge in [0.1, 0.15) is 17.3 Å². The summed E-state index contributed by atoms with van der Waals surface area (Å²) in [7, 11) is 0. The third-order valence-corrected chi connectivity index (χ3v) is 2.56. The Balaban J connectivity index is 2.16. The van der Waals surface area contributed by atoms with E-state index in [1.807, 2.05) is 0 Å². The molecular weight excluding hydrogens is 245 g/mol. The SMILES string of the molecule is N#CCc1ccc(Oc2cc(F)cc(CO)c2)cc1. The number of hydrogen-bond acceptors (Lipinski definition) is 3. The van der Waals surface area contributed by atoms with Gasteiger partial charge in [0.15, 0.2) is 0 Å². The van der Waals surface area contributed by atoms with E-state index < -0.39 is 5.82 Å². The normalized spacial score (nSPS) is 9.95. The van der Waals surface area contributed by atoms with Crippen molar-refractivity contribution in [1.29, 1.82) is 5.26 Å². The molecule has 4 heteroatoms. The minimum Gasteiger partial charge on any atom is -0.457 e. The van der Waals surface area contributed by atoms with Crippen LogP contribution in [0.2, 0.25) is 0 Å². The molecule has 2 aromatic rings. The van der Waals surface area contributed by atoms with Crippen molar-refractivity contribution in [1.82, 2.24) is 0 Å². The molecule has 0 spiro atoms. The van der Waals surface area contributed by atoms with Crippen LogP contribution in [0.15, 0.2) is 42.5 Å². The van der Waals surface area contributed by atoms with Gasteiger partial charge in [-0.15, -0.1) is 0 Å². The van der Waals surface area contributed by atoms with E-state index in [4.69, 9.17) is 15.1 Å². The number of halogens is 1. The Morgan fingerprint density at radius 1 is 1.05 bits per heavy atom. The average molecular weight is 257 g/mol. The molecule has 0 saturated carbocycles. The second-order valence-corrected chi connectivity index (χ2v) is 4.03. The van der Waals surface area contributed by atoms with Gasteiger partial charge >= 0.3 is 0 Å². The molecule has 96 valence electrons. The summed E-state index contributed by atoms with van der Waals surface area (Å²) >= 11 is 0. The molecule has 2 aromatic carbocycles. The van der Waals surface area contributed by atoms with Gasteiger partial charge in [-0.05, 0) is 35.4 Å². The molecule has 0 aromatic heterocycles. The Morgan fingerprint density at radius 3 is 2.42 bits per heavy atom. The average Bonchev–Trinajstić information content (AvgIpc) is 2.40. The summed E-state index contributed by atoms with van der Waals surface area (Å²) in [4.78, 5) is 0. The monoisotopic (exact) mass is 257 g/mol. The molecule has 0 amide bonds. The van der Waals surface area contributed by atoms with Gasteiger partial charge in [-0.2, -0.15) is 5.26 Å². The molecule has 1 N–H and O–H groups in total. The maximum Gasteiger partial charge on any atom is 0.130 e. The van der Waals surface area contributed by atoms with Crippen LogP contribution in [0.4, 0.5) is 4.39 Å². The van der Waals surface area contributed by atoms with E-state index in [1.54, 1.807) is 30.3 Å². The zero-order valence-corrected chi connectivity index (χ0v) is 10.1. The molecule has 0 heterocycles. The Hall–Kier alpha value is -2.38. The number of hydrogen-bond donors (Lipinski definition) is 1. The van der Waals surface area contributed by atoms with E-state index in [-0.39, 0.29) is 6.61 Å². The molecule has 2 rings (SSSR count). The summed E-state index contributed by atoms with van der Waals surface area (Å²) < 4.78 is 18.8. The van der Waals surface area contributed by atoms with Crippen molar-refractivity contribution in [3.05, 3.63) is 59.4 Å². The van der Waals surface area contributed by atoms with Gasteiger partial charge in [-0.3, -0.25) is 0 Å². The van der Waals surface area contributed by atoms with Gasteiger partial charge in [0.25, 0.3) is 0 Å². The third-order valence-electron chi connectivity index (χ3n) is 2.56. The molecule has 0 aliphatic carbocycles. The summed E-state index contributed by atoms with van der Waals surface area (Å²) in [5, 5.41) is 17.6. The number of nitrogens with zero attached hydrogens (tertiary/aromatic N) is 1. The van der Waals surface area contributed by atoms with E-state index in [9.17, 15) is 4.39 Å². The van der Waals surface area contributed by atoms with Crippen molar-refractivity contribution in [3.63, 3.8) is 0 Å². The highest BCUT2D eigenvalue weighted by Gasteiger charge is 2.03. The van der Waals surface area contributed by atoms with Gasteiger partial charge in [0.2, 0.25) is 0 Å². The van der Waals surface area contributed by atoms with Crippen LogP contribution in [-0.4, -0.2) is 5.11 Å². The molecule has 0 saturated heterocycles. The zero-order chi connectivity index (χ0) is 13.7. The van der Waals surface area contributed by atoms with Crippen molar-refractivity contribution in [2.24, 2.45) is 0 Å². The van der Waals surface area contributed by atoms with Gasteiger partial charge in [0.05, 0.1) is 19.1 Å². The molecule has 0 aliphatic rings. The fourth-order valence-corrected chi connectivity index (χ4v) is 1.67. The van der Waals surface area contributed by atoms with Gasteiger partial charge in [0, 0.05) is 6.07 Å². The molecule has 0 radical (unpaired) electrons. The summed E-state index contributed by atoms with van der Waals surface area (Å²) in [6.45, 7) is -0.241. The van der Waals surface area contributed by atoms with Gasteiger partial charge < -0.3 is 9.84 Å². The number of aliphatic hydroxyl groups is 1. The second kappa shape index (κ2) is 5.98. The second-order valence-electron chi connectivity index (χ2n) is 4.03. The van der Waals surface area contributed by atoms with Crippen LogP contribution in [0.3, 0.4) is 0 Å². The quantitative estimate of drug-likeness (QED) is 0.915. The van der Waals surface area contributed by atoms with Crippen LogP contribution in [0.1, 0.15) is 11.1 Å². The first-order chi connectivity index (χ1) is 9.21. The first kappa shape index (κ1) is 13.1. The highest BCUT2D eigenvalue weighted by atomic mass is 19.1. The molecule has 19 heavy (non-hydrogen) atoms. The van der Waals surface area contributed by atoms with Crippen molar-refractivity contribution in [3.8, 4) is 17.6 Å². The predicted molar refractivity (Wildman–Crippen MR) is 68.2 cm³/mol. The van der Waals surface area contributed by atoms with Crippen molar-refractivity contribution in [2.45, 2.75) is 13.0 Å². The maximum atomic E-state index is 13.3. The summed E-state index contributed by atoms with van der Waals surface area (Å²) in [6.07, 6.45) is 0.342. The first-order valence-electron chi connectivity index (χ1n) is 5.75. The van der Waals surface area contributed by atoms with Crippen LogP contribution in [0.5, 0.6) is 11.5 Å². The minimum absolute atomic E-state index is 0.241. The number of ether oxygens (including phenoxy) is 1. The summed E-state index contributed by atoms with van der Waals surface area (Å²) in [5.74, 6) is 0.427. The van der Waals surface area contributed by atoms with Crippen molar-refractivity contribution < 1.29 is 14.2 Å². The minimum atomic E-state index is -0.456. The summed E-state index contributed by atoms with van der Waals surface area (Å²) in [6, 6.07) is 13.1. The van der Waals surface area contributed by atoms with Gasteiger partial charge in [-0.1, -0.05) is 12.1 Å².